The van der Waals surface area contributed by atoms with Gasteiger partial charge in [-0.2, -0.15) is 0 Å². The summed E-state index contributed by atoms with van der Waals surface area (Å²) in [6.07, 6.45) is 0. The lowest BCUT2D eigenvalue weighted by Gasteiger charge is -2.08. The SMILES string of the molecule is Cc1ccc2nc(-c3ccc(NC(=O)c4noc(C)c4COc4ccccc4F)cc3)sc2c1. The van der Waals surface area contributed by atoms with Crippen molar-refractivity contribution in [2.24, 2.45) is 0 Å². The molecule has 2 aromatic heterocycles. The maximum Gasteiger partial charge on any atom is 0.278 e. The molecule has 8 heteroatoms. The summed E-state index contributed by atoms with van der Waals surface area (Å²) in [7, 11) is 0. The lowest BCUT2D eigenvalue weighted by Crippen LogP contribution is -2.15. The molecule has 0 saturated carbocycles. The molecular formula is C26H20FN3O3S. The molecule has 0 spiro atoms. The standard InChI is InChI=1S/C26H20FN3O3S/c1-15-7-12-21-23(13-15)34-26(29-21)17-8-10-18(11-9-17)28-25(31)24-19(16(2)33-30-24)14-32-22-6-4-3-5-20(22)27/h3-13H,14H2,1-2H3,(H,28,31). The third-order valence-corrected chi connectivity index (χ3v) is 6.41. The highest BCUT2D eigenvalue weighted by atomic mass is 32.1. The number of rotatable bonds is 6. The minimum absolute atomic E-state index is 0.0466. The van der Waals surface area contributed by atoms with E-state index in [1.54, 1.807) is 30.4 Å². The van der Waals surface area contributed by atoms with Gasteiger partial charge in [0.05, 0.1) is 15.8 Å². The van der Waals surface area contributed by atoms with Crippen LogP contribution >= 0.6 is 11.3 Å². The number of amides is 1. The summed E-state index contributed by atoms with van der Waals surface area (Å²) in [6.45, 7) is 3.69. The zero-order chi connectivity index (χ0) is 23.7. The summed E-state index contributed by atoms with van der Waals surface area (Å²) in [5.41, 5.74) is 4.29. The number of aromatic nitrogens is 2. The van der Waals surface area contributed by atoms with E-state index in [0.29, 0.717) is 17.0 Å². The number of carbonyl (C=O) groups excluding carboxylic acids is 1. The predicted molar refractivity (Wildman–Crippen MR) is 130 cm³/mol. The Bertz CT molecular complexity index is 1490. The van der Waals surface area contributed by atoms with Gasteiger partial charge in [-0.05, 0) is 67.9 Å². The Morgan fingerprint density at radius 1 is 1.09 bits per heavy atom. The molecule has 34 heavy (non-hydrogen) atoms. The van der Waals surface area contributed by atoms with Crippen molar-refractivity contribution < 1.29 is 18.4 Å². The molecule has 1 N–H and O–H groups in total. The first kappa shape index (κ1) is 21.8. The van der Waals surface area contributed by atoms with Crippen LogP contribution in [0.25, 0.3) is 20.8 Å². The molecule has 5 rings (SSSR count). The molecule has 0 aliphatic heterocycles. The number of para-hydroxylation sites is 1. The molecular weight excluding hydrogens is 453 g/mol. The molecule has 0 unspecified atom stereocenters. The highest BCUT2D eigenvalue weighted by Crippen LogP contribution is 2.31. The van der Waals surface area contributed by atoms with Crippen LogP contribution in [0.15, 0.2) is 71.3 Å². The van der Waals surface area contributed by atoms with Crippen LogP contribution < -0.4 is 10.1 Å². The Kier molecular flexibility index (Phi) is 5.81. The number of nitrogens with one attached hydrogen (secondary N) is 1. The number of aryl methyl sites for hydroxylation is 2. The molecule has 0 bridgehead atoms. The van der Waals surface area contributed by atoms with E-state index < -0.39 is 11.7 Å². The number of benzene rings is 3. The lowest BCUT2D eigenvalue weighted by atomic mass is 10.1. The zero-order valence-corrected chi connectivity index (χ0v) is 19.3. The van der Waals surface area contributed by atoms with Gasteiger partial charge in [-0.15, -0.1) is 11.3 Å². The maximum absolute atomic E-state index is 13.9. The van der Waals surface area contributed by atoms with Crippen LogP contribution in [-0.4, -0.2) is 16.0 Å². The molecule has 0 fully saturated rings. The Balaban J connectivity index is 1.30. The topological polar surface area (TPSA) is 77.3 Å². The first-order valence-electron chi connectivity index (χ1n) is 10.6. The Morgan fingerprint density at radius 2 is 1.88 bits per heavy atom. The van der Waals surface area contributed by atoms with Crippen LogP contribution in [0.5, 0.6) is 5.75 Å². The minimum Gasteiger partial charge on any atom is -0.486 e. The Labute approximate surface area is 199 Å². The van der Waals surface area contributed by atoms with Crippen molar-refractivity contribution in [1.82, 2.24) is 10.1 Å². The van der Waals surface area contributed by atoms with E-state index in [1.165, 1.54) is 17.7 Å². The molecule has 0 aliphatic rings. The summed E-state index contributed by atoms with van der Waals surface area (Å²) in [6, 6.07) is 19.7. The Morgan fingerprint density at radius 3 is 2.68 bits per heavy atom. The molecule has 6 nitrogen and oxygen atoms in total. The van der Waals surface area contributed by atoms with Crippen LogP contribution in [0.3, 0.4) is 0 Å². The first-order chi connectivity index (χ1) is 16.5. The number of anilines is 1. The number of fused-ring (bicyclic) bond motifs is 1. The molecule has 0 aliphatic carbocycles. The van der Waals surface area contributed by atoms with Gasteiger partial charge in [0.15, 0.2) is 17.3 Å². The van der Waals surface area contributed by atoms with Crippen LogP contribution in [0.1, 0.15) is 27.4 Å². The highest BCUT2D eigenvalue weighted by molar-refractivity contribution is 7.21. The van der Waals surface area contributed by atoms with Crippen molar-refractivity contribution in [3.63, 3.8) is 0 Å². The van der Waals surface area contributed by atoms with Crippen LogP contribution in [0.2, 0.25) is 0 Å². The summed E-state index contributed by atoms with van der Waals surface area (Å²) in [4.78, 5) is 17.6. The monoisotopic (exact) mass is 473 g/mol. The van der Waals surface area contributed by atoms with Crippen LogP contribution in [0, 0.1) is 19.7 Å². The number of nitrogens with zero attached hydrogens (tertiary/aromatic N) is 2. The summed E-state index contributed by atoms with van der Waals surface area (Å²) in [5.74, 6) is -0.392. The summed E-state index contributed by atoms with van der Waals surface area (Å²) in [5, 5.41) is 7.62. The predicted octanol–water partition coefficient (Wildman–Crippen LogP) is 6.54. The molecule has 3 aromatic carbocycles. The normalized spacial score (nSPS) is 11.0. The van der Waals surface area contributed by atoms with E-state index in [0.717, 1.165) is 20.8 Å². The average Bonchev–Trinajstić information content (AvgIpc) is 3.42. The van der Waals surface area contributed by atoms with Gasteiger partial charge in [0, 0.05) is 11.3 Å². The van der Waals surface area contributed by atoms with E-state index in [4.69, 9.17) is 14.2 Å². The number of thiazole rings is 1. The van der Waals surface area contributed by atoms with Crippen LogP contribution in [-0.2, 0) is 6.61 Å². The molecule has 0 atom stereocenters. The highest BCUT2D eigenvalue weighted by Gasteiger charge is 2.21. The maximum atomic E-state index is 13.9. The zero-order valence-electron chi connectivity index (χ0n) is 18.5. The largest absolute Gasteiger partial charge is 0.486 e. The van der Waals surface area contributed by atoms with E-state index in [1.807, 2.05) is 36.4 Å². The molecule has 170 valence electrons. The number of hydrogen-bond acceptors (Lipinski definition) is 6. The molecule has 5 aromatic rings. The number of ether oxygens (including phenoxy) is 1. The summed E-state index contributed by atoms with van der Waals surface area (Å²) >= 11 is 1.63. The third kappa shape index (κ3) is 4.40. The fourth-order valence-electron chi connectivity index (χ4n) is 3.49. The van der Waals surface area contributed by atoms with Crippen molar-refractivity contribution in [3.8, 4) is 16.3 Å². The van der Waals surface area contributed by atoms with Gasteiger partial charge < -0.3 is 14.6 Å². The molecule has 0 radical (unpaired) electrons. The second kappa shape index (κ2) is 9.07. The van der Waals surface area contributed by atoms with Gasteiger partial charge >= 0.3 is 0 Å². The number of hydrogen-bond donors (Lipinski definition) is 1. The molecule has 1 amide bonds. The van der Waals surface area contributed by atoms with Crippen molar-refractivity contribution in [2.45, 2.75) is 20.5 Å². The van der Waals surface area contributed by atoms with Crippen molar-refractivity contribution >= 4 is 33.1 Å². The quantitative estimate of drug-likeness (QED) is 0.303. The van der Waals surface area contributed by atoms with E-state index in [9.17, 15) is 9.18 Å². The third-order valence-electron chi connectivity index (χ3n) is 5.34. The van der Waals surface area contributed by atoms with Gasteiger partial charge in [-0.3, -0.25) is 4.79 Å². The van der Waals surface area contributed by atoms with E-state index in [-0.39, 0.29) is 18.1 Å². The van der Waals surface area contributed by atoms with E-state index in [2.05, 4.69) is 23.5 Å². The van der Waals surface area contributed by atoms with Gasteiger partial charge in [-0.25, -0.2) is 9.37 Å². The fourth-order valence-corrected chi connectivity index (χ4v) is 4.56. The fraction of sp³-hybridized carbons (Fsp3) is 0.115. The minimum atomic E-state index is -0.481. The van der Waals surface area contributed by atoms with Gasteiger partial charge in [0.2, 0.25) is 0 Å². The molecule has 2 heterocycles. The smallest absolute Gasteiger partial charge is 0.278 e. The van der Waals surface area contributed by atoms with Gasteiger partial charge in [0.1, 0.15) is 17.4 Å². The summed E-state index contributed by atoms with van der Waals surface area (Å²) < 4.78 is 25.7. The number of halogens is 1. The second-order valence-electron chi connectivity index (χ2n) is 7.81. The lowest BCUT2D eigenvalue weighted by molar-refractivity contribution is 0.101. The van der Waals surface area contributed by atoms with Crippen molar-refractivity contribution in [1.29, 1.82) is 0 Å². The van der Waals surface area contributed by atoms with Crippen molar-refractivity contribution in [2.75, 3.05) is 5.32 Å². The second-order valence-corrected chi connectivity index (χ2v) is 8.84. The average molecular weight is 474 g/mol. The van der Waals surface area contributed by atoms with Gasteiger partial charge in [0.25, 0.3) is 5.91 Å². The number of carbonyl (C=O) groups is 1. The van der Waals surface area contributed by atoms with Gasteiger partial charge in [-0.1, -0.05) is 23.4 Å². The Hall–Kier alpha value is -4.04. The van der Waals surface area contributed by atoms with Crippen molar-refractivity contribution in [3.05, 3.63) is 95.1 Å². The first-order valence-corrected chi connectivity index (χ1v) is 11.4. The molecule has 0 saturated heterocycles. The van der Waals surface area contributed by atoms with E-state index >= 15 is 0 Å². The van der Waals surface area contributed by atoms with Crippen LogP contribution in [0.4, 0.5) is 10.1 Å².